The second kappa shape index (κ2) is 3.02. The van der Waals surface area contributed by atoms with Crippen LogP contribution in [0, 0.1) is 17.3 Å². The van der Waals surface area contributed by atoms with Crippen molar-refractivity contribution in [3.05, 3.63) is 12.2 Å². The van der Waals surface area contributed by atoms with Gasteiger partial charge in [0.2, 0.25) is 0 Å². The molecule has 1 aliphatic carbocycles. The van der Waals surface area contributed by atoms with E-state index in [-0.39, 0.29) is 23.7 Å². The van der Waals surface area contributed by atoms with Crippen LogP contribution >= 0.6 is 0 Å². The van der Waals surface area contributed by atoms with Crippen molar-refractivity contribution in [2.45, 2.75) is 20.8 Å². The average Bonchev–Trinajstić information content (AvgIpc) is 2.53. The Kier molecular flexibility index (Phi) is 2.38. The Morgan fingerprint density at radius 2 is 2.17 bits per heavy atom. The Morgan fingerprint density at radius 3 is 2.58 bits per heavy atom. The predicted molar refractivity (Wildman–Crippen MR) is 47.7 cm³/mol. The minimum absolute atomic E-state index is 0.0249. The van der Waals surface area contributed by atoms with E-state index in [1.807, 2.05) is 13.0 Å². The van der Waals surface area contributed by atoms with E-state index in [1.54, 1.807) is 0 Å². The van der Waals surface area contributed by atoms with E-state index in [4.69, 9.17) is 5.11 Å². The van der Waals surface area contributed by atoms with E-state index in [2.05, 4.69) is 19.9 Å². The molecule has 0 heterocycles. The fourth-order valence-corrected chi connectivity index (χ4v) is 1.96. The van der Waals surface area contributed by atoms with Crippen molar-refractivity contribution in [2.24, 2.45) is 17.3 Å². The van der Waals surface area contributed by atoms with Crippen LogP contribution in [0.25, 0.3) is 0 Å². The largest absolute Gasteiger partial charge is 0.389 e. The number of allylic oxidation sites excluding steroid dienone is 2. The van der Waals surface area contributed by atoms with Crippen molar-refractivity contribution in [3.63, 3.8) is 0 Å². The Bertz CT molecular complexity index is 216. The van der Waals surface area contributed by atoms with E-state index in [1.165, 1.54) is 0 Å². The molecular weight excluding hydrogens is 152 g/mol. The van der Waals surface area contributed by atoms with Crippen LogP contribution in [0.2, 0.25) is 0 Å². The summed E-state index contributed by atoms with van der Waals surface area (Å²) < 4.78 is 0. The van der Waals surface area contributed by atoms with Crippen molar-refractivity contribution >= 4 is 5.78 Å². The lowest BCUT2D eigenvalue weighted by Crippen LogP contribution is -2.10. The third-order valence-electron chi connectivity index (χ3n) is 2.81. The zero-order valence-corrected chi connectivity index (χ0v) is 7.87. The van der Waals surface area contributed by atoms with Crippen LogP contribution in [0.15, 0.2) is 12.2 Å². The highest BCUT2D eigenvalue weighted by Crippen LogP contribution is 2.59. The summed E-state index contributed by atoms with van der Waals surface area (Å²) in [6.07, 6.45) is 4.02. The molecule has 0 aliphatic heterocycles. The molecule has 0 spiro atoms. The van der Waals surface area contributed by atoms with Gasteiger partial charge in [0, 0.05) is 5.92 Å². The lowest BCUT2D eigenvalue weighted by molar-refractivity contribution is -0.123. The maximum absolute atomic E-state index is 11.2. The number of carbonyl (C=O) groups is 1. The zero-order valence-electron chi connectivity index (χ0n) is 7.87. The van der Waals surface area contributed by atoms with Gasteiger partial charge in [-0.25, -0.2) is 0 Å². The van der Waals surface area contributed by atoms with Crippen LogP contribution in [-0.2, 0) is 4.79 Å². The number of aliphatic hydroxyl groups is 1. The van der Waals surface area contributed by atoms with Crippen LogP contribution in [-0.4, -0.2) is 17.5 Å². The molecule has 1 fully saturated rings. The normalized spacial score (nSPS) is 32.3. The summed E-state index contributed by atoms with van der Waals surface area (Å²) in [5.41, 5.74) is 0.0618. The molecule has 1 rings (SSSR count). The average molecular weight is 168 g/mol. The predicted octanol–water partition coefficient (Wildman–Crippen LogP) is 1.40. The molecule has 0 amide bonds. The van der Waals surface area contributed by atoms with Gasteiger partial charge in [0.05, 0.1) is 0 Å². The van der Waals surface area contributed by atoms with Gasteiger partial charge in [-0.1, -0.05) is 26.0 Å². The summed E-state index contributed by atoms with van der Waals surface area (Å²) in [4.78, 5) is 11.2. The molecule has 2 heteroatoms. The molecule has 0 radical (unpaired) electrons. The van der Waals surface area contributed by atoms with Crippen LogP contribution in [0.4, 0.5) is 0 Å². The molecule has 68 valence electrons. The number of ketones is 1. The van der Waals surface area contributed by atoms with E-state index >= 15 is 0 Å². The fraction of sp³-hybridized carbons (Fsp3) is 0.700. The SMILES string of the molecule is CC=CC1C(C(=O)CO)C1(C)C. The van der Waals surface area contributed by atoms with E-state index in [9.17, 15) is 4.79 Å². The highest BCUT2D eigenvalue weighted by molar-refractivity contribution is 5.86. The number of hydrogen-bond donors (Lipinski definition) is 1. The number of carbonyl (C=O) groups excluding carboxylic acids is 1. The van der Waals surface area contributed by atoms with Gasteiger partial charge in [0.15, 0.2) is 5.78 Å². The molecule has 0 bridgehead atoms. The first-order valence-electron chi connectivity index (χ1n) is 4.32. The van der Waals surface area contributed by atoms with Crippen LogP contribution in [0.3, 0.4) is 0 Å². The van der Waals surface area contributed by atoms with E-state index in [0.717, 1.165) is 0 Å². The van der Waals surface area contributed by atoms with Crippen molar-refractivity contribution in [1.82, 2.24) is 0 Å². The van der Waals surface area contributed by atoms with Gasteiger partial charge in [-0.15, -0.1) is 0 Å². The third kappa shape index (κ3) is 1.31. The summed E-state index contributed by atoms with van der Waals surface area (Å²) in [6.45, 7) is 5.77. The monoisotopic (exact) mass is 168 g/mol. The van der Waals surface area contributed by atoms with Crippen molar-refractivity contribution < 1.29 is 9.90 Å². The number of Topliss-reactive ketones (excluding diaryl/α,β-unsaturated/α-hetero) is 1. The molecule has 0 saturated heterocycles. The molecule has 0 aromatic carbocycles. The summed E-state index contributed by atoms with van der Waals surface area (Å²) in [5.74, 6) is 0.351. The van der Waals surface area contributed by atoms with E-state index in [0.29, 0.717) is 5.92 Å². The Morgan fingerprint density at radius 1 is 1.58 bits per heavy atom. The molecule has 1 saturated carbocycles. The smallest absolute Gasteiger partial charge is 0.162 e. The maximum atomic E-state index is 11.2. The zero-order chi connectivity index (χ0) is 9.35. The first kappa shape index (κ1) is 9.46. The summed E-state index contributed by atoms with van der Waals surface area (Å²) in [7, 11) is 0. The highest BCUT2D eigenvalue weighted by Gasteiger charge is 2.59. The standard InChI is InChI=1S/C10H16O2/c1-4-5-7-9(8(12)6-11)10(7,2)3/h4-5,7,9,11H,6H2,1-3H3. The van der Waals surface area contributed by atoms with Crippen molar-refractivity contribution in [2.75, 3.05) is 6.61 Å². The number of rotatable bonds is 3. The summed E-state index contributed by atoms with van der Waals surface area (Å²) in [5, 5.41) is 8.69. The van der Waals surface area contributed by atoms with Gasteiger partial charge >= 0.3 is 0 Å². The minimum Gasteiger partial charge on any atom is -0.389 e. The fourth-order valence-electron chi connectivity index (χ4n) is 1.96. The van der Waals surface area contributed by atoms with Crippen molar-refractivity contribution in [1.29, 1.82) is 0 Å². The highest BCUT2D eigenvalue weighted by atomic mass is 16.3. The maximum Gasteiger partial charge on any atom is 0.162 e. The summed E-state index contributed by atoms with van der Waals surface area (Å²) in [6, 6.07) is 0. The number of aliphatic hydroxyl groups excluding tert-OH is 1. The molecule has 12 heavy (non-hydrogen) atoms. The third-order valence-corrected chi connectivity index (χ3v) is 2.81. The lowest BCUT2D eigenvalue weighted by Gasteiger charge is -1.97. The topological polar surface area (TPSA) is 37.3 Å². The molecule has 1 N–H and O–H groups in total. The first-order valence-corrected chi connectivity index (χ1v) is 4.32. The first-order chi connectivity index (χ1) is 5.55. The van der Waals surface area contributed by atoms with Crippen molar-refractivity contribution in [3.8, 4) is 0 Å². The van der Waals surface area contributed by atoms with Gasteiger partial charge in [-0.3, -0.25) is 4.79 Å². The van der Waals surface area contributed by atoms with Gasteiger partial charge in [0.1, 0.15) is 6.61 Å². The quantitative estimate of drug-likeness (QED) is 0.647. The second-order valence-electron chi connectivity index (χ2n) is 3.98. The molecule has 0 aromatic heterocycles. The van der Waals surface area contributed by atoms with E-state index < -0.39 is 0 Å². The Labute approximate surface area is 73.3 Å². The second-order valence-corrected chi connectivity index (χ2v) is 3.98. The van der Waals surface area contributed by atoms with Gasteiger partial charge in [-0.2, -0.15) is 0 Å². The molecule has 1 aliphatic rings. The molecule has 2 unspecified atom stereocenters. The molecular formula is C10H16O2. The van der Waals surface area contributed by atoms with Gasteiger partial charge in [-0.05, 0) is 18.3 Å². The van der Waals surface area contributed by atoms with Gasteiger partial charge in [0.25, 0.3) is 0 Å². The molecule has 2 atom stereocenters. The van der Waals surface area contributed by atoms with Crippen LogP contribution < -0.4 is 0 Å². The van der Waals surface area contributed by atoms with Crippen LogP contribution in [0.5, 0.6) is 0 Å². The number of hydrogen-bond acceptors (Lipinski definition) is 2. The minimum atomic E-state index is -0.317. The lowest BCUT2D eigenvalue weighted by atomic mass is 10.1. The van der Waals surface area contributed by atoms with Crippen LogP contribution in [0.1, 0.15) is 20.8 Å². The molecule has 2 nitrogen and oxygen atoms in total. The Balaban J connectivity index is 2.66. The van der Waals surface area contributed by atoms with Gasteiger partial charge < -0.3 is 5.11 Å². The molecule has 0 aromatic rings. The Hall–Kier alpha value is -0.630. The summed E-state index contributed by atoms with van der Waals surface area (Å²) >= 11 is 0.